The first kappa shape index (κ1) is 19.5. The largest absolute Gasteiger partial charge is 0.326 e. The minimum Gasteiger partial charge on any atom is -0.326 e. The standard InChI is InChI=1S/C20H23FN2O3S/c1-15-8-9-18(27(25,26)23-10-3-2-4-11-23)14-19(15)22-20(24)13-16-6-5-7-17(21)12-16/h5-9,12,14H,2-4,10-11,13H2,1H3,(H,22,24). The van der Waals surface area contributed by atoms with Crippen LogP contribution in [0.3, 0.4) is 0 Å². The second-order valence-electron chi connectivity index (χ2n) is 6.80. The van der Waals surface area contributed by atoms with Gasteiger partial charge in [-0.15, -0.1) is 0 Å². The first-order valence-corrected chi connectivity index (χ1v) is 10.5. The molecule has 27 heavy (non-hydrogen) atoms. The van der Waals surface area contributed by atoms with Crippen molar-refractivity contribution in [2.45, 2.75) is 37.5 Å². The van der Waals surface area contributed by atoms with Gasteiger partial charge in [0.2, 0.25) is 15.9 Å². The second kappa shape index (κ2) is 8.19. The Bertz CT molecular complexity index is 938. The summed E-state index contributed by atoms with van der Waals surface area (Å²) in [6.07, 6.45) is 2.78. The summed E-state index contributed by atoms with van der Waals surface area (Å²) >= 11 is 0. The highest BCUT2D eigenvalue weighted by Crippen LogP contribution is 2.25. The van der Waals surface area contributed by atoms with Gasteiger partial charge in [0.25, 0.3) is 0 Å². The number of amides is 1. The molecule has 2 aromatic rings. The molecule has 0 atom stereocenters. The molecule has 0 radical (unpaired) electrons. The van der Waals surface area contributed by atoms with Crippen molar-refractivity contribution < 1.29 is 17.6 Å². The number of benzene rings is 2. The van der Waals surface area contributed by atoms with Gasteiger partial charge in [-0.05, 0) is 55.2 Å². The normalized spacial score (nSPS) is 15.5. The topological polar surface area (TPSA) is 66.5 Å². The van der Waals surface area contributed by atoms with Crippen molar-refractivity contribution in [2.75, 3.05) is 18.4 Å². The molecule has 0 saturated carbocycles. The zero-order valence-electron chi connectivity index (χ0n) is 15.2. The smallest absolute Gasteiger partial charge is 0.243 e. The number of sulfonamides is 1. The quantitative estimate of drug-likeness (QED) is 0.850. The van der Waals surface area contributed by atoms with Gasteiger partial charge in [-0.2, -0.15) is 4.31 Å². The predicted octanol–water partition coefficient (Wildman–Crippen LogP) is 3.49. The molecule has 1 fully saturated rings. The molecule has 144 valence electrons. The molecule has 7 heteroatoms. The third kappa shape index (κ3) is 4.73. The third-order valence-electron chi connectivity index (χ3n) is 4.69. The van der Waals surface area contributed by atoms with Crippen LogP contribution in [0.1, 0.15) is 30.4 Å². The molecule has 5 nitrogen and oxygen atoms in total. The van der Waals surface area contributed by atoms with Crippen LogP contribution in [-0.2, 0) is 21.2 Å². The maximum absolute atomic E-state index is 13.3. The lowest BCUT2D eigenvalue weighted by atomic mass is 10.1. The summed E-state index contributed by atoms with van der Waals surface area (Å²) in [5.41, 5.74) is 1.77. The summed E-state index contributed by atoms with van der Waals surface area (Å²) in [5.74, 6) is -0.720. The lowest BCUT2D eigenvalue weighted by Crippen LogP contribution is -2.35. The molecule has 1 N–H and O–H groups in total. The van der Waals surface area contributed by atoms with Crippen molar-refractivity contribution in [3.05, 3.63) is 59.4 Å². The van der Waals surface area contributed by atoms with Crippen LogP contribution >= 0.6 is 0 Å². The Morgan fingerprint density at radius 2 is 1.85 bits per heavy atom. The van der Waals surface area contributed by atoms with Crippen LogP contribution in [0.25, 0.3) is 0 Å². The zero-order chi connectivity index (χ0) is 19.4. The fraction of sp³-hybridized carbons (Fsp3) is 0.350. The number of nitrogens with one attached hydrogen (secondary N) is 1. The second-order valence-corrected chi connectivity index (χ2v) is 8.73. The first-order valence-electron chi connectivity index (χ1n) is 9.01. The van der Waals surface area contributed by atoms with E-state index >= 15 is 0 Å². The van der Waals surface area contributed by atoms with Gasteiger partial charge in [0.05, 0.1) is 11.3 Å². The molecule has 1 heterocycles. The van der Waals surface area contributed by atoms with Gasteiger partial charge in [0.15, 0.2) is 0 Å². The summed E-state index contributed by atoms with van der Waals surface area (Å²) in [5, 5.41) is 2.75. The predicted molar refractivity (Wildman–Crippen MR) is 103 cm³/mol. The van der Waals surface area contributed by atoms with E-state index in [4.69, 9.17) is 0 Å². The van der Waals surface area contributed by atoms with Crippen molar-refractivity contribution >= 4 is 21.6 Å². The average molecular weight is 390 g/mol. The highest BCUT2D eigenvalue weighted by atomic mass is 32.2. The molecule has 0 bridgehead atoms. The fourth-order valence-corrected chi connectivity index (χ4v) is 4.72. The van der Waals surface area contributed by atoms with Gasteiger partial charge in [-0.3, -0.25) is 4.79 Å². The number of piperidine rings is 1. The van der Waals surface area contributed by atoms with E-state index in [0.717, 1.165) is 24.8 Å². The minimum atomic E-state index is -3.57. The molecule has 0 unspecified atom stereocenters. The molecule has 1 aliphatic heterocycles. The summed E-state index contributed by atoms with van der Waals surface area (Å²) in [4.78, 5) is 12.5. The minimum absolute atomic E-state index is 0.0142. The molecule has 2 aromatic carbocycles. The van der Waals surface area contributed by atoms with E-state index in [1.807, 2.05) is 0 Å². The van der Waals surface area contributed by atoms with E-state index in [-0.39, 0.29) is 17.2 Å². The summed E-state index contributed by atoms with van der Waals surface area (Å²) in [6, 6.07) is 10.6. The van der Waals surface area contributed by atoms with Crippen LogP contribution in [0.4, 0.5) is 10.1 Å². The van der Waals surface area contributed by atoms with Gasteiger partial charge < -0.3 is 5.32 Å². The Kier molecular flexibility index (Phi) is 5.92. The van der Waals surface area contributed by atoms with Crippen LogP contribution in [0.5, 0.6) is 0 Å². The number of carbonyl (C=O) groups is 1. The molecular formula is C20H23FN2O3S. The average Bonchev–Trinajstić information content (AvgIpc) is 2.64. The third-order valence-corrected chi connectivity index (χ3v) is 6.58. The van der Waals surface area contributed by atoms with Crippen molar-refractivity contribution in [1.82, 2.24) is 4.31 Å². The van der Waals surface area contributed by atoms with E-state index in [0.29, 0.717) is 24.3 Å². The highest BCUT2D eigenvalue weighted by Gasteiger charge is 2.26. The summed E-state index contributed by atoms with van der Waals surface area (Å²) < 4.78 is 40.4. The Hall–Kier alpha value is -2.25. The number of hydrogen-bond acceptors (Lipinski definition) is 3. The van der Waals surface area contributed by atoms with Crippen LogP contribution in [0.15, 0.2) is 47.4 Å². The molecule has 0 spiro atoms. The van der Waals surface area contributed by atoms with Crippen LogP contribution in [0, 0.1) is 12.7 Å². The molecule has 0 aliphatic carbocycles. The van der Waals surface area contributed by atoms with Crippen LogP contribution in [-0.4, -0.2) is 31.7 Å². The Labute approximate surface area is 159 Å². The summed E-state index contributed by atoms with van der Waals surface area (Å²) in [7, 11) is -3.57. The van der Waals surface area contributed by atoms with E-state index in [1.54, 1.807) is 31.2 Å². The Balaban J connectivity index is 1.78. The van der Waals surface area contributed by atoms with Crippen LogP contribution < -0.4 is 5.32 Å². The number of hydrogen-bond donors (Lipinski definition) is 1. The number of rotatable bonds is 5. The number of anilines is 1. The number of carbonyl (C=O) groups excluding carboxylic acids is 1. The molecule has 3 rings (SSSR count). The van der Waals surface area contributed by atoms with Gasteiger partial charge >= 0.3 is 0 Å². The van der Waals surface area contributed by atoms with Gasteiger partial charge in [0, 0.05) is 18.8 Å². The van der Waals surface area contributed by atoms with Crippen molar-refractivity contribution in [3.63, 3.8) is 0 Å². The zero-order valence-corrected chi connectivity index (χ0v) is 16.1. The SMILES string of the molecule is Cc1ccc(S(=O)(=O)N2CCCCC2)cc1NC(=O)Cc1cccc(F)c1. The number of aryl methyl sites for hydroxylation is 1. The Morgan fingerprint density at radius 1 is 1.11 bits per heavy atom. The maximum atomic E-state index is 13.3. The van der Waals surface area contributed by atoms with Crippen molar-refractivity contribution in [1.29, 1.82) is 0 Å². The fourth-order valence-electron chi connectivity index (χ4n) is 3.18. The molecule has 0 aromatic heterocycles. The number of halogens is 1. The maximum Gasteiger partial charge on any atom is 0.243 e. The lowest BCUT2D eigenvalue weighted by Gasteiger charge is -2.26. The van der Waals surface area contributed by atoms with Crippen LogP contribution in [0.2, 0.25) is 0 Å². The van der Waals surface area contributed by atoms with E-state index in [1.165, 1.54) is 22.5 Å². The van der Waals surface area contributed by atoms with E-state index in [9.17, 15) is 17.6 Å². The van der Waals surface area contributed by atoms with Gasteiger partial charge in [0.1, 0.15) is 5.82 Å². The van der Waals surface area contributed by atoms with E-state index < -0.39 is 15.8 Å². The molecule has 1 amide bonds. The Morgan fingerprint density at radius 3 is 2.56 bits per heavy atom. The molecular weight excluding hydrogens is 367 g/mol. The van der Waals surface area contributed by atoms with E-state index in [2.05, 4.69) is 5.32 Å². The van der Waals surface area contributed by atoms with Gasteiger partial charge in [-0.25, -0.2) is 12.8 Å². The summed E-state index contributed by atoms with van der Waals surface area (Å²) in [6.45, 7) is 2.85. The molecule has 1 aliphatic rings. The first-order chi connectivity index (χ1) is 12.9. The number of nitrogens with zero attached hydrogens (tertiary/aromatic N) is 1. The monoisotopic (exact) mass is 390 g/mol. The van der Waals surface area contributed by atoms with Crippen molar-refractivity contribution in [3.8, 4) is 0 Å². The van der Waals surface area contributed by atoms with Gasteiger partial charge in [-0.1, -0.05) is 24.6 Å². The highest BCUT2D eigenvalue weighted by molar-refractivity contribution is 7.89. The lowest BCUT2D eigenvalue weighted by molar-refractivity contribution is -0.115. The molecule has 1 saturated heterocycles. The van der Waals surface area contributed by atoms with Crippen molar-refractivity contribution in [2.24, 2.45) is 0 Å².